The second kappa shape index (κ2) is 6.63. The Balaban J connectivity index is 2.78. The summed E-state index contributed by atoms with van der Waals surface area (Å²) in [6.07, 6.45) is 2.06. The molecule has 1 saturated heterocycles. The maximum atomic E-state index is 12.2. The van der Waals surface area contributed by atoms with Gasteiger partial charge < -0.3 is 15.3 Å². The molecule has 102 valence electrons. The van der Waals surface area contributed by atoms with Crippen molar-refractivity contribution in [2.75, 3.05) is 12.3 Å². The van der Waals surface area contributed by atoms with Crippen LogP contribution in [0.5, 0.6) is 0 Å². The van der Waals surface area contributed by atoms with E-state index in [4.69, 9.17) is 5.11 Å². The molecule has 7 heteroatoms. The van der Waals surface area contributed by atoms with E-state index in [0.717, 1.165) is 12.8 Å². The lowest BCUT2D eigenvalue weighted by atomic mass is 10.1. The summed E-state index contributed by atoms with van der Waals surface area (Å²) in [6.45, 7) is 1.50. The second-order valence-electron chi connectivity index (χ2n) is 4.42. The molecule has 2 N–H and O–H groups in total. The van der Waals surface area contributed by atoms with Gasteiger partial charge in [0.25, 0.3) is 0 Å². The Morgan fingerprint density at radius 2 is 2.17 bits per heavy atom. The quantitative estimate of drug-likeness (QED) is 0.624. The van der Waals surface area contributed by atoms with Gasteiger partial charge in [-0.05, 0) is 26.2 Å². The number of carbonyl (C=O) groups is 3. The first-order valence-electron chi connectivity index (χ1n) is 5.88. The molecule has 0 aliphatic carbocycles. The lowest BCUT2D eigenvalue weighted by molar-refractivity contribution is -0.146. The van der Waals surface area contributed by atoms with Crippen LogP contribution < -0.4 is 5.32 Å². The minimum Gasteiger partial charge on any atom is -0.480 e. The minimum absolute atomic E-state index is 0.0122. The maximum Gasteiger partial charge on any atom is 0.323 e. The van der Waals surface area contributed by atoms with Gasteiger partial charge in [-0.1, -0.05) is 0 Å². The van der Waals surface area contributed by atoms with E-state index in [1.807, 2.05) is 6.92 Å². The van der Waals surface area contributed by atoms with Crippen LogP contribution in [0.1, 0.15) is 26.2 Å². The molecule has 0 spiro atoms. The molecule has 18 heavy (non-hydrogen) atoms. The average molecular weight is 274 g/mol. The van der Waals surface area contributed by atoms with Crippen molar-refractivity contribution in [3.8, 4) is 0 Å². The third-order valence-corrected chi connectivity index (χ3v) is 3.30. The van der Waals surface area contributed by atoms with Crippen molar-refractivity contribution >= 4 is 30.4 Å². The molecular weight excluding hydrogens is 256 g/mol. The molecule has 0 aromatic carbocycles. The predicted molar refractivity (Wildman–Crippen MR) is 68.4 cm³/mol. The Bertz CT molecular complexity index is 348. The fourth-order valence-electron chi connectivity index (χ4n) is 2.07. The number of hydrogen-bond donors (Lipinski definition) is 3. The highest BCUT2D eigenvalue weighted by Crippen LogP contribution is 2.17. The fourth-order valence-corrected chi connectivity index (χ4v) is 2.16. The van der Waals surface area contributed by atoms with Gasteiger partial charge in [-0.3, -0.25) is 14.4 Å². The number of carbonyl (C=O) groups excluding carboxylic acids is 2. The molecule has 0 saturated carbocycles. The number of nitrogens with zero attached hydrogens (tertiary/aromatic N) is 1. The third kappa shape index (κ3) is 3.90. The number of aliphatic carboxylic acids is 1. The van der Waals surface area contributed by atoms with Crippen LogP contribution >= 0.6 is 12.6 Å². The van der Waals surface area contributed by atoms with E-state index < -0.39 is 12.0 Å². The molecular formula is C11H18N2O4S. The average Bonchev–Trinajstić information content (AvgIpc) is 2.43. The standard InChI is InChI=1S/C11H18N2O4S/c1-7-3-2-4-8(12-9(14)6-18)11(17)13(7)5-10(15)16/h7-8,18H,2-6H2,1H3,(H,12,14)(H,15,16)/t7-,8+/m1/s1. The van der Waals surface area contributed by atoms with Crippen LogP contribution in [0.4, 0.5) is 0 Å². The van der Waals surface area contributed by atoms with Crippen molar-refractivity contribution < 1.29 is 19.5 Å². The Hall–Kier alpha value is -1.24. The van der Waals surface area contributed by atoms with E-state index >= 15 is 0 Å². The Labute approximate surface area is 111 Å². The summed E-state index contributed by atoms with van der Waals surface area (Å²) in [5, 5.41) is 11.4. The van der Waals surface area contributed by atoms with Crippen LogP contribution in [0.2, 0.25) is 0 Å². The van der Waals surface area contributed by atoms with Gasteiger partial charge in [0.2, 0.25) is 11.8 Å². The number of rotatable bonds is 4. The van der Waals surface area contributed by atoms with Crippen LogP contribution in [0.15, 0.2) is 0 Å². The first-order chi connectivity index (χ1) is 8.45. The number of carboxylic acids is 1. The molecule has 0 aromatic rings. The first kappa shape index (κ1) is 14.8. The lowest BCUT2D eigenvalue weighted by Crippen LogP contribution is -2.51. The van der Waals surface area contributed by atoms with Crippen LogP contribution in [0, 0.1) is 0 Å². The molecule has 0 unspecified atom stereocenters. The molecule has 2 atom stereocenters. The number of likely N-dealkylation sites (tertiary alicyclic amines) is 1. The van der Waals surface area contributed by atoms with Gasteiger partial charge in [0, 0.05) is 6.04 Å². The summed E-state index contributed by atoms with van der Waals surface area (Å²) in [6, 6.07) is -0.750. The maximum absolute atomic E-state index is 12.2. The SMILES string of the molecule is C[C@@H]1CCC[C@H](NC(=O)CS)C(=O)N1CC(=O)O. The zero-order valence-corrected chi connectivity index (χ0v) is 11.2. The molecule has 1 rings (SSSR count). The van der Waals surface area contributed by atoms with Crippen molar-refractivity contribution in [3.05, 3.63) is 0 Å². The lowest BCUT2D eigenvalue weighted by Gasteiger charge is -2.28. The van der Waals surface area contributed by atoms with Gasteiger partial charge in [-0.2, -0.15) is 12.6 Å². The van der Waals surface area contributed by atoms with E-state index in [9.17, 15) is 14.4 Å². The van der Waals surface area contributed by atoms with Crippen molar-refractivity contribution in [3.63, 3.8) is 0 Å². The monoisotopic (exact) mass is 274 g/mol. The highest BCUT2D eigenvalue weighted by atomic mass is 32.1. The zero-order valence-electron chi connectivity index (χ0n) is 10.3. The van der Waals surface area contributed by atoms with Crippen molar-refractivity contribution in [1.29, 1.82) is 0 Å². The molecule has 1 fully saturated rings. The fraction of sp³-hybridized carbons (Fsp3) is 0.727. The van der Waals surface area contributed by atoms with Crippen molar-refractivity contribution in [2.45, 2.75) is 38.3 Å². The summed E-state index contributed by atoms with van der Waals surface area (Å²) in [7, 11) is 0. The number of carboxylic acid groups (broad SMARTS) is 1. The predicted octanol–water partition coefficient (Wildman–Crippen LogP) is -0.113. The molecule has 1 aliphatic heterocycles. The number of amides is 2. The van der Waals surface area contributed by atoms with Crippen LogP contribution in [-0.2, 0) is 14.4 Å². The summed E-state index contributed by atoms with van der Waals surface area (Å²) >= 11 is 3.84. The highest BCUT2D eigenvalue weighted by Gasteiger charge is 2.32. The third-order valence-electron chi connectivity index (χ3n) is 3.01. The van der Waals surface area contributed by atoms with E-state index in [-0.39, 0.29) is 30.2 Å². The van der Waals surface area contributed by atoms with Crippen molar-refractivity contribution in [1.82, 2.24) is 10.2 Å². The Kier molecular flexibility index (Phi) is 5.46. The van der Waals surface area contributed by atoms with Gasteiger partial charge in [-0.25, -0.2) is 0 Å². The summed E-state index contributed by atoms with van der Waals surface area (Å²) < 4.78 is 0. The molecule has 2 amide bonds. The smallest absolute Gasteiger partial charge is 0.323 e. The second-order valence-corrected chi connectivity index (χ2v) is 4.73. The van der Waals surface area contributed by atoms with Gasteiger partial charge in [0.15, 0.2) is 0 Å². The normalized spacial score (nSPS) is 24.6. The van der Waals surface area contributed by atoms with E-state index in [1.165, 1.54) is 4.90 Å². The number of hydrogen-bond acceptors (Lipinski definition) is 4. The van der Waals surface area contributed by atoms with E-state index in [2.05, 4.69) is 17.9 Å². The molecule has 0 radical (unpaired) electrons. The molecule has 6 nitrogen and oxygen atoms in total. The summed E-state index contributed by atoms with van der Waals surface area (Å²) in [5.74, 6) is -1.67. The minimum atomic E-state index is -1.05. The summed E-state index contributed by atoms with van der Waals surface area (Å²) in [4.78, 5) is 35.5. The van der Waals surface area contributed by atoms with Crippen LogP contribution in [0.25, 0.3) is 0 Å². The number of nitrogens with one attached hydrogen (secondary N) is 1. The Morgan fingerprint density at radius 3 is 2.72 bits per heavy atom. The molecule has 0 aromatic heterocycles. The topological polar surface area (TPSA) is 86.7 Å². The highest BCUT2D eigenvalue weighted by molar-refractivity contribution is 7.81. The molecule has 0 bridgehead atoms. The van der Waals surface area contributed by atoms with Crippen molar-refractivity contribution in [2.24, 2.45) is 0 Å². The Morgan fingerprint density at radius 1 is 1.50 bits per heavy atom. The van der Waals surface area contributed by atoms with E-state index in [1.54, 1.807) is 0 Å². The van der Waals surface area contributed by atoms with Gasteiger partial charge in [-0.15, -0.1) is 0 Å². The largest absolute Gasteiger partial charge is 0.480 e. The van der Waals surface area contributed by atoms with Gasteiger partial charge in [0.1, 0.15) is 12.6 Å². The zero-order chi connectivity index (χ0) is 13.7. The van der Waals surface area contributed by atoms with Crippen LogP contribution in [0.3, 0.4) is 0 Å². The first-order valence-corrected chi connectivity index (χ1v) is 6.51. The molecule has 1 heterocycles. The van der Waals surface area contributed by atoms with Gasteiger partial charge in [0.05, 0.1) is 5.75 Å². The van der Waals surface area contributed by atoms with E-state index in [0.29, 0.717) is 6.42 Å². The summed E-state index contributed by atoms with van der Waals surface area (Å²) in [5.41, 5.74) is 0. The van der Waals surface area contributed by atoms with Crippen LogP contribution in [-0.4, -0.2) is 52.2 Å². The van der Waals surface area contributed by atoms with Gasteiger partial charge >= 0.3 is 5.97 Å². The number of thiol groups is 1. The molecule has 1 aliphatic rings.